The van der Waals surface area contributed by atoms with Crippen LogP contribution in [-0.2, 0) is 0 Å². The van der Waals surface area contributed by atoms with Crippen molar-refractivity contribution in [3.05, 3.63) is 72.7 Å². The second-order valence-electron chi connectivity index (χ2n) is 7.51. The van der Waals surface area contributed by atoms with Gasteiger partial charge in [0.25, 0.3) is 11.2 Å². The third-order valence-corrected chi connectivity index (χ3v) is 6.03. The predicted molar refractivity (Wildman–Crippen MR) is 122 cm³/mol. The molecular weight excluding hydrogens is 464 g/mol. The van der Waals surface area contributed by atoms with Gasteiger partial charge in [0.1, 0.15) is 11.6 Å². The number of fused-ring (bicyclic) bond motifs is 1. The first kappa shape index (κ1) is 21.2. The zero-order chi connectivity index (χ0) is 22.0. The van der Waals surface area contributed by atoms with Crippen molar-refractivity contribution in [3.8, 4) is 5.75 Å². The van der Waals surface area contributed by atoms with E-state index < -0.39 is 4.92 Å². The maximum Gasteiger partial charge on any atom is 0.282 e. The van der Waals surface area contributed by atoms with Crippen molar-refractivity contribution in [3.63, 3.8) is 0 Å². The number of nitro benzene ring substituents is 1. The van der Waals surface area contributed by atoms with Gasteiger partial charge in [-0.25, -0.2) is 4.98 Å². The van der Waals surface area contributed by atoms with Crippen LogP contribution in [0.3, 0.4) is 0 Å². The SMILES string of the molecule is COc1ccc([N+](=O)[O-])cc1C=Nn1c(C2CCCCC2)nc2ccc(Br)cc2c1=O. The Bertz CT molecular complexity index is 1230. The number of halogens is 1. The number of ether oxygens (including phenoxy) is 1. The number of non-ortho nitro benzene ring substituents is 1. The van der Waals surface area contributed by atoms with E-state index in [1.807, 2.05) is 12.1 Å². The fourth-order valence-electron chi connectivity index (χ4n) is 3.96. The molecule has 8 nitrogen and oxygen atoms in total. The molecule has 0 radical (unpaired) electrons. The summed E-state index contributed by atoms with van der Waals surface area (Å²) in [4.78, 5) is 28.8. The molecule has 1 aliphatic carbocycles. The van der Waals surface area contributed by atoms with E-state index in [1.165, 1.54) is 42.6 Å². The summed E-state index contributed by atoms with van der Waals surface area (Å²) in [5.41, 5.74) is 0.691. The summed E-state index contributed by atoms with van der Waals surface area (Å²) >= 11 is 3.41. The predicted octanol–water partition coefficient (Wildman–Crippen LogP) is 5.01. The molecule has 0 saturated heterocycles. The highest BCUT2D eigenvalue weighted by atomic mass is 79.9. The molecule has 0 unspecified atom stereocenters. The summed E-state index contributed by atoms with van der Waals surface area (Å²) in [5.74, 6) is 1.19. The first-order chi connectivity index (χ1) is 15.0. The van der Waals surface area contributed by atoms with Crippen LogP contribution in [0.4, 0.5) is 5.69 Å². The fourth-order valence-corrected chi connectivity index (χ4v) is 4.32. The number of benzene rings is 2. The fraction of sp³-hybridized carbons (Fsp3) is 0.318. The second kappa shape index (κ2) is 8.97. The maximum absolute atomic E-state index is 13.3. The van der Waals surface area contributed by atoms with Crippen molar-refractivity contribution in [2.24, 2.45) is 5.10 Å². The first-order valence-electron chi connectivity index (χ1n) is 10.1. The monoisotopic (exact) mass is 484 g/mol. The highest BCUT2D eigenvalue weighted by Crippen LogP contribution is 2.32. The van der Waals surface area contributed by atoms with Crippen molar-refractivity contribution < 1.29 is 9.66 Å². The van der Waals surface area contributed by atoms with Gasteiger partial charge in [-0.2, -0.15) is 9.78 Å². The molecule has 1 aliphatic rings. The summed E-state index contributed by atoms with van der Waals surface area (Å²) < 4.78 is 7.42. The van der Waals surface area contributed by atoms with Gasteiger partial charge in [0, 0.05) is 28.1 Å². The minimum Gasteiger partial charge on any atom is -0.496 e. The Morgan fingerprint density at radius 1 is 1.23 bits per heavy atom. The number of hydrogen-bond acceptors (Lipinski definition) is 6. The van der Waals surface area contributed by atoms with Gasteiger partial charge >= 0.3 is 0 Å². The highest BCUT2D eigenvalue weighted by molar-refractivity contribution is 9.10. The van der Waals surface area contributed by atoms with E-state index in [9.17, 15) is 14.9 Å². The average molecular weight is 485 g/mol. The van der Waals surface area contributed by atoms with Gasteiger partial charge in [-0.05, 0) is 37.1 Å². The summed E-state index contributed by atoms with van der Waals surface area (Å²) in [6.45, 7) is 0. The van der Waals surface area contributed by atoms with Gasteiger partial charge in [-0.3, -0.25) is 14.9 Å². The topological polar surface area (TPSA) is 99.6 Å². The summed E-state index contributed by atoms with van der Waals surface area (Å²) in [7, 11) is 1.48. The Morgan fingerprint density at radius 3 is 2.71 bits per heavy atom. The molecule has 0 N–H and O–H groups in total. The van der Waals surface area contributed by atoms with E-state index in [0.29, 0.717) is 28.0 Å². The second-order valence-corrected chi connectivity index (χ2v) is 8.43. The van der Waals surface area contributed by atoms with Crippen LogP contribution in [0.5, 0.6) is 5.75 Å². The van der Waals surface area contributed by atoms with Gasteiger partial charge in [0.05, 0.1) is 29.2 Å². The van der Waals surface area contributed by atoms with Crippen LogP contribution in [0.15, 0.2) is 50.8 Å². The van der Waals surface area contributed by atoms with Crippen LogP contribution in [0, 0.1) is 10.1 Å². The van der Waals surface area contributed by atoms with Gasteiger partial charge in [-0.15, -0.1) is 0 Å². The highest BCUT2D eigenvalue weighted by Gasteiger charge is 2.22. The van der Waals surface area contributed by atoms with Crippen molar-refractivity contribution >= 4 is 38.7 Å². The molecular formula is C22H21BrN4O4. The molecule has 2 aromatic carbocycles. The van der Waals surface area contributed by atoms with E-state index in [2.05, 4.69) is 21.0 Å². The molecule has 0 spiro atoms. The van der Waals surface area contributed by atoms with E-state index in [4.69, 9.17) is 9.72 Å². The standard InChI is InChI=1S/C22H21BrN4O4/c1-31-20-10-8-17(27(29)30)11-15(20)13-24-26-21(14-5-3-2-4-6-14)25-19-9-7-16(23)12-18(19)22(26)28/h7-14H,2-6H2,1H3. The van der Waals surface area contributed by atoms with E-state index in [1.54, 1.807) is 6.07 Å². The molecule has 31 heavy (non-hydrogen) atoms. The molecule has 1 saturated carbocycles. The van der Waals surface area contributed by atoms with Crippen LogP contribution in [0.2, 0.25) is 0 Å². The Kier molecular flexibility index (Phi) is 6.13. The Labute approximate surface area is 186 Å². The molecule has 1 aromatic heterocycles. The molecule has 4 rings (SSSR count). The molecule has 1 fully saturated rings. The summed E-state index contributed by atoms with van der Waals surface area (Å²) in [6, 6.07) is 9.67. The first-order valence-corrected chi connectivity index (χ1v) is 10.9. The minimum atomic E-state index is -0.481. The molecule has 0 amide bonds. The third-order valence-electron chi connectivity index (χ3n) is 5.54. The Morgan fingerprint density at radius 2 is 2.00 bits per heavy atom. The molecule has 3 aromatic rings. The van der Waals surface area contributed by atoms with Gasteiger partial charge in [-0.1, -0.05) is 35.2 Å². The number of hydrogen-bond donors (Lipinski definition) is 0. The van der Waals surface area contributed by atoms with Crippen LogP contribution >= 0.6 is 15.9 Å². The third kappa shape index (κ3) is 4.36. The Balaban J connectivity index is 1.88. The molecule has 0 aliphatic heterocycles. The zero-order valence-corrected chi connectivity index (χ0v) is 18.5. The van der Waals surface area contributed by atoms with Crippen molar-refractivity contribution in [2.45, 2.75) is 38.0 Å². The van der Waals surface area contributed by atoms with Crippen LogP contribution in [0.1, 0.15) is 49.4 Å². The molecule has 0 atom stereocenters. The van der Waals surface area contributed by atoms with E-state index >= 15 is 0 Å². The van der Waals surface area contributed by atoms with Crippen LogP contribution in [0.25, 0.3) is 10.9 Å². The summed E-state index contributed by atoms with van der Waals surface area (Å²) in [5, 5.41) is 16.1. The van der Waals surface area contributed by atoms with Crippen molar-refractivity contribution in [1.29, 1.82) is 0 Å². The van der Waals surface area contributed by atoms with Crippen LogP contribution in [-0.4, -0.2) is 27.9 Å². The maximum atomic E-state index is 13.3. The largest absolute Gasteiger partial charge is 0.496 e. The number of methoxy groups -OCH3 is 1. The van der Waals surface area contributed by atoms with E-state index in [-0.39, 0.29) is 17.2 Å². The molecule has 1 heterocycles. The smallest absolute Gasteiger partial charge is 0.282 e. The van der Waals surface area contributed by atoms with Crippen molar-refractivity contribution in [1.82, 2.24) is 9.66 Å². The molecule has 9 heteroatoms. The van der Waals surface area contributed by atoms with Gasteiger partial charge in [0.15, 0.2) is 0 Å². The molecule has 0 bridgehead atoms. The lowest BCUT2D eigenvalue weighted by Gasteiger charge is -2.22. The average Bonchev–Trinajstić information content (AvgIpc) is 2.79. The lowest BCUT2D eigenvalue weighted by atomic mass is 9.88. The number of nitro groups is 1. The van der Waals surface area contributed by atoms with Crippen molar-refractivity contribution in [2.75, 3.05) is 7.11 Å². The number of rotatable bonds is 5. The van der Waals surface area contributed by atoms with Gasteiger partial charge in [0.2, 0.25) is 0 Å². The van der Waals surface area contributed by atoms with E-state index in [0.717, 1.165) is 30.2 Å². The number of nitrogens with zero attached hydrogens (tertiary/aromatic N) is 4. The lowest BCUT2D eigenvalue weighted by molar-refractivity contribution is -0.384. The van der Waals surface area contributed by atoms with Gasteiger partial charge < -0.3 is 4.74 Å². The van der Waals surface area contributed by atoms with Crippen LogP contribution < -0.4 is 10.3 Å². The number of aromatic nitrogens is 2. The minimum absolute atomic E-state index is 0.0809. The normalized spacial score (nSPS) is 14.9. The lowest BCUT2D eigenvalue weighted by Crippen LogP contribution is -2.25. The summed E-state index contributed by atoms with van der Waals surface area (Å²) in [6.07, 6.45) is 6.66. The Hall–Kier alpha value is -3.07. The zero-order valence-electron chi connectivity index (χ0n) is 17.0. The molecule has 160 valence electrons. The quantitative estimate of drug-likeness (QED) is 0.288.